The van der Waals surface area contributed by atoms with Crippen molar-refractivity contribution in [3.8, 4) is 0 Å². The molecular formula is C16H14N2O5S. The highest BCUT2D eigenvalue weighted by Crippen LogP contribution is 2.20. The maximum Gasteiger partial charge on any atom is 0.339 e. The lowest BCUT2D eigenvalue weighted by Gasteiger charge is -2.10. The molecule has 0 saturated heterocycles. The second-order valence-electron chi connectivity index (χ2n) is 4.48. The number of ether oxygens (including phenoxy) is 2. The second kappa shape index (κ2) is 8.02. The fraction of sp³-hybridized carbons (Fsp3) is 0.125. The zero-order chi connectivity index (χ0) is 17.5. The topological polar surface area (TPSA) is 94.6 Å². The SMILES string of the molecule is COC(=O)c1ccc(C(=O)OC)c(NC(=O)/C=C\c2cscn2)c1. The van der Waals surface area contributed by atoms with E-state index in [4.69, 9.17) is 0 Å². The molecule has 24 heavy (non-hydrogen) atoms. The third-order valence-electron chi connectivity index (χ3n) is 2.96. The minimum absolute atomic E-state index is 0.126. The van der Waals surface area contributed by atoms with Crippen molar-refractivity contribution in [1.82, 2.24) is 4.98 Å². The Morgan fingerprint density at radius 3 is 2.54 bits per heavy atom. The van der Waals surface area contributed by atoms with Gasteiger partial charge in [0.2, 0.25) is 5.91 Å². The van der Waals surface area contributed by atoms with E-state index in [0.717, 1.165) is 0 Å². The molecule has 124 valence electrons. The Labute approximate surface area is 141 Å². The minimum Gasteiger partial charge on any atom is -0.465 e. The number of nitrogens with zero attached hydrogens (tertiary/aromatic N) is 1. The Bertz CT molecular complexity index is 784. The molecule has 0 aliphatic carbocycles. The van der Waals surface area contributed by atoms with Gasteiger partial charge in [0, 0.05) is 11.5 Å². The fourth-order valence-electron chi connectivity index (χ4n) is 1.82. The number of nitrogens with one attached hydrogen (secondary N) is 1. The first-order valence-corrected chi connectivity index (χ1v) is 7.67. The first-order valence-electron chi connectivity index (χ1n) is 6.73. The highest BCUT2D eigenvalue weighted by Gasteiger charge is 2.16. The molecule has 0 radical (unpaired) electrons. The molecule has 0 aliphatic rings. The number of anilines is 1. The van der Waals surface area contributed by atoms with E-state index in [-0.39, 0.29) is 16.8 Å². The van der Waals surface area contributed by atoms with Gasteiger partial charge in [0.1, 0.15) is 0 Å². The van der Waals surface area contributed by atoms with E-state index >= 15 is 0 Å². The van der Waals surface area contributed by atoms with Gasteiger partial charge in [-0.1, -0.05) is 0 Å². The van der Waals surface area contributed by atoms with Crippen LogP contribution >= 0.6 is 11.3 Å². The molecule has 1 N–H and O–H groups in total. The third kappa shape index (κ3) is 4.26. The number of thiazole rings is 1. The van der Waals surface area contributed by atoms with Crippen LogP contribution in [-0.4, -0.2) is 37.0 Å². The predicted octanol–water partition coefficient (Wildman–Crippen LogP) is 2.37. The lowest BCUT2D eigenvalue weighted by Crippen LogP contribution is -2.14. The van der Waals surface area contributed by atoms with Crippen molar-refractivity contribution in [3.05, 3.63) is 52.0 Å². The highest BCUT2D eigenvalue weighted by molar-refractivity contribution is 7.07. The fourth-order valence-corrected chi connectivity index (χ4v) is 2.34. The number of hydrogen-bond donors (Lipinski definition) is 1. The summed E-state index contributed by atoms with van der Waals surface area (Å²) in [6, 6.07) is 4.16. The number of aromatic nitrogens is 1. The molecule has 2 aromatic rings. The van der Waals surface area contributed by atoms with Gasteiger partial charge in [-0.3, -0.25) is 4.79 Å². The summed E-state index contributed by atoms with van der Waals surface area (Å²) in [6.07, 6.45) is 2.81. The molecule has 0 bridgehead atoms. The Hall–Kier alpha value is -3.00. The summed E-state index contributed by atoms with van der Waals surface area (Å²) in [6.45, 7) is 0. The van der Waals surface area contributed by atoms with Gasteiger partial charge in [-0.25, -0.2) is 14.6 Å². The van der Waals surface area contributed by atoms with Gasteiger partial charge in [0.25, 0.3) is 0 Å². The van der Waals surface area contributed by atoms with Crippen LogP contribution in [0.15, 0.2) is 35.2 Å². The van der Waals surface area contributed by atoms with Crippen LogP contribution in [0.25, 0.3) is 6.08 Å². The molecule has 0 unspecified atom stereocenters. The number of benzene rings is 1. The number of amides is 1. The van der Waals surface area contributed by atoms with Crippen LogP contribution in [-0.2, 0) is 14.3 Å². The molecule has 0 fully saturated rings. The number of rotatable bonds is 5. The molecule has 0 saturated carbocycles. The van der Waals surface area contributed by atoms with Gasteiger partial charge in [0.15, 0.2) is 0 Å². The number of carbonyl (C=O) groups is 3. The number of methoxy groups -OCH3 is 2. The van der Waals surface area contributed by atoms with Crippen LogP contribution in [0.3, 0.4) is 0 Å². The predicted molar refractivity (Wildman–Crippen MR) is 88.9 cm³/mol. The average Bonchev–Trinajstić information content (AvgIpc) is 3.12. The van der Waals surface area contributed by atoms with Crippen molar-refractivity contribution >= 4 is 40.9 Å². The first-order chi connectivity index (χ1) is 11.5. The lowest BCUT2D eigenvalue weighted by molar-refractivity contribution is -0.111. The van der Waals surface area contributed by atoms with Crippen molar-refractivity contribution in [2.24, 2.45) is 0 Å². The molecule has 7 nitrogen and oxygen atoms in total. The monoisotopic (exact) mass is 346 g/mol. The van der Waals surface area contributed by atoms with E-state index in [1.807, 2.05) is 0 Å². The summed E-state index contributed by atoms with van der Waals surface area (Å²) >= 11 is 1.41. The molecule has 2 rings (SSSR count). The smallest absolute Gasteiger partial charge is 0.339 e. The Kier molecular flexibility index (Phi) is 5.80. The second-order valence-corrected chi connectivity index (χ2v) is 5.20. The number of esters is 2. The quantitative estimate of drug-likeness (QED) is 0.660. The molecule has 0 spiro atoms. The summed E-state index contributed by atoms with van der Waals surface area (Å²) in [5, 5.41) is 4.33. The van der Waals surface area contributed by atoms with Crippen molar-refractivity contribution < 1.29 is 23.9 Å². The zero-order valence-electron chi connectivity index (χ0n) is 12.9. The van der Waals surface area contributed by atoms with Crippen LogP contribution in [0.5, 0.6) is 0 Å². The summed E-state index contributed by atoms with van der Waals surface area (Å²) < 4.78 is 9.30. The Morgan fingerprint density at radius 1 is 1.17 bits per heavy atom. The zero-order valence-corrected chi connectivity index (χ0v) is 13.8. The highest BCUT2D eigenvalue weighted by atomic mass is 32.1. The minimum atomic E-state index is -0.634. The molecule has 0 atom stereocenters. The molecular weight excluding hydrogens is 332 g/mol. The summed E-state index contributed by atoms with van der Waals surface area (Å²) in [5.41, 5.74) is 2.76. The van der Waals surface area contributed by atoms with Crippen molar-refractivity contribution in [3.63, 3.8) is 0 Å². The van der Waals surface area contributed by atoms with Crippen LogP contribution in [0.1, 0.15) is 26.4 Å². The molecule has 8 heteroatoms. The van der Waals surface area contributed by atoms with Crippen LogP contribution in [0.2, 0.25) is 0 Å². The van der Waals surface area contributed by atoms with E-state index in [0.29, 0.717) is 5.69 Å². The van der Waals surface area contributed by atoms with Crippen molar-refractivity contribution in [2.75, 3.05) is 19.5 Å². The van der Waals surface area contributed by atoms with Gasteiger partial charge in [0.05, 0.1) is 42.2 Å². The molecule has 1 aromatic heterocycles. The van der Waals surface area contributed by atoms with E-state index in [1.165, 1.54) is 55.9 Å². The van der Waals surface area contributed by atoms with Crippen molar-refractivity contribution in [2.45, 2.75) is 0 Å². The van der Waals surface area contributed by atoms with E-state index in [2.05, 4.69) is 19.8 Å². The molecule has 0 aliphatic heterocycles. The standard InChI is InChI=1S/C16H14N2O5S/c1-22-15(20)10-3-5-12(16(21)23-2)13(7-10)18-14(19)6-4-11-8-24-9-17-11/h3-9H,1-2H3,(H,18,19)/b6-4-. The van der Waals surface area contributed by atoms with E-state index < -0.39 is 17.8 Å². The summed E-state index contributed by atoms with van der Waals surface area (Å²) in [5.74, 6) is -1.69. The molecule has 1 amide bonds. The Morgan fingerprint density at radius 2 is 1.92 bits per heavy atom. The summed E-state index contributed by atoms with van der Waals surface area (Å²) in [7, 11) is 2.47. The van der Waals surface area contributed by atoms with Gasteiger partial charge < -0.3 is 14.8 Å². The third-order valence-corrected chi connectivity index (χ3v) is 3.57. The maximum atomic E-state index is 12.0. The van der Waals surface area contributed by atoms with Gasteiger partial charge >= 0.3 is 11.9 Å². The van der Waals surface area contributed by atoms with Gasteiger partial charge in [-0.2, -0.15) is 0 Å². The normalized spacial score (nSPS) is 10.4. The number of carbonyl (C=O) groups excluding carboxylic acids is 3. The van der Waals surface area contributed by atoms with Crippen LogP contribution in [0.4, 0.5) is 5.69 Å². The largest absolute Gasteiger partial charge is 0.465 e. The lowest BCUT2D eigenvalue weighted by atomic mass is 10.1. The van der Waals surface area contributed by atoms with E-state index in [9.17, 15) is 14.4 Å². The van der Waals surface area contributed by atoms with Gasteiger partial charge in [-0.15, -0.1) is 11.3 Å². The molecule has 1 heterocycles. The van der Waals surface area contributed by atoms with Crippen LogP contribution < -0.4 is 5.32 Å². The van der Waals surface area contributed by atoms with E-state index in [1.54, 1.807) is 10.9 Å². The Balaban J connectivity index is 2.26. The van der Waals surface area contributed by atoms with Crippen LogP contribution in [0, 0.1) is 0 Å². The first kappa shape index (κ1) is 17.4. The average molecular weight is 346 g/mol. The molecule has 1 aromatic carbocycles. The summed E-state index contributed by atoms with van der Waals surface area (Å²) in [4.78, 5) is 39.5. The van der Waals surface area contributed by atoms with Gasteiger partial charge in [-0.05, 0) is 24.3 Å². The number of hydrogen-bond acceptors (Lipinski definition) is 7. The maximum absolute atomic E-state index is 12.0. The van der Waals surface area contributed by atoms with Crippen molar-refractivity contribution in [1.29, 1.82) is 0 Å².